The number of hydrogen-bond acceptors (Lipinski definition) is 3. The van der Waals surface area contributed by atoms with Gasteiger partial charge in [-0.2, -0.15) is 0 Å². The maximum Gasteiger partial charge on any atom is 0.336 e. The molecule has 0 atom stereocenters. The Balaban J connectivity index is 2.27. The van der Waals surface area contributed by atoms with Crippen LogP contribution in [0.2, 0.25) is 0 Å². The lowest BCUT2D eigenvalue weighted by Crippen LogP contribution is -2.24. The lowest BCUT2D eigenvalue weighted by molar-refractivity contribution is -0.120. The molecular weight excluding hydrogens is 344 g/mol. The standard InChI is InChI=1S/C21H24N2O4/c1-4-14(5-2)19(24)23-18-11-7-6-9-16(18)20(25)22-17-12-8-10-15(13(17)3)21(26)27/h6-12,14H,4-5H2,1-3H3,(H,22,25)(H,23,24)(H,26,27). The molecule has 27 heavy (non-hydrogen) atoms. The zero-order chi connectivity index (χ0) is 20.0. The van der Waals surface area contributed by atoms with E-state index in [1.54, 1.807) is 43.3 Å². The Bertz CT molecular complexity index is 857. The Hall–Kier alpha value is -3.15. The van der Waals surface area contributed by atoms with E-state index in [2.05, 4.69) is 10.6 Å². The molecule has 0 aromatic heterocycles. The number of rotatable bonds is 7. The topological polar surface area (TPSA) is 95.5 Å². The van der Waals surface area contributed by atoms with E-state index in [1.807, 2.05) is 13.8 Å². The van der Waals surface area contributed by atoms with Gasteiger partial charge in [-0.05, 0) is 49.6 Å². The molecule has 6 nitrogen and oxygen atoms in total. The Labute approximate surface area is 158 Å². The predicted molar refractivity (Wildman–Crippen MR) is 105 cm³/mol. The molecule has 0 saturated carbocycles. The van der Waals surface area contributed by atoms with Crippen molar-refractivity contribution < 1.29 is 19.5 Å². The van der Waals surface area contributed by atoms with Crippen molar-refractivity contribution in [2.24, 2.45) is 5.92 Å². The van der Waals surface area contributed by atoms with Crippen LogP contribution in [0.4, 0.5) is 11.4 Å². The second-order valence-electron chi connectivity index (χ2n) is 6.29. The molecular formula is C21H24N2O4. The minimum Gasteiger partial charge on any atom is -0.478 e. The maximum atomic E-state index is 12.7. The number of benzene rings is 2. The Morgan fingerprint density at radius 2 is 1.48 bits per heavy atom. The monoisotopic (exact) mass is 368 g/mol. The highest BCUT2D eigenvalue weighted by atomic mass is 16.4. The molecule has 0 aliphatic carbocycles. The van der Waals surface area contributed by atoms with Crippen LogP contribution in [0.5, 0.6) is 0 Å². The van der Waals surface area contributed by atoms with Gasteiger partial charge in [0.2, 0.25) is 5.91 Å². The molecule has 0 aliphatic rings. The molecule has 0 heterocycles. The van der Waals surface area contributed by atoms with Crippen molar-refractivity contribution in [2.75, 3.05) is 10.6 Å². The summed E-state index contributed by atoms with van der Waals surface area (Å²) in [4.78, 5) is 36.4. The Kier molecular flexibility index (Phi) is 6.71. The number of hydrogen-bond donors (Lipinski definition) is 3. The van der Waals surface area contributed by atoms with Crippen LogP contribution in [0.15, 0.2) is 42.5 Å². The van der Waals surface area contributed by atoms with E-state index in [-0.39, 0.29) is 17.4 Å². The van der Waals surface area contributed by atoms with Crippen LogP contribution in [0.3, 0.4) is 0 Å². The number of anilines is 2. The van der Waals surface area contributed by atoms with Gasteiger partial charge in [0.05, 0.1) is 16.8 Å². The van der Waals surface area contributed by atoms with E-state index < -0.39 is 11.9 Å². The highest BCUT2D eigenvalue weighted by Crippen LogP contribution is 2.23. The molecule has 2 aromatic rings. The van der Waals surface area contributed by atoms with E-state index in [0.29, 0.717) is 22.5 Å². The quantitative estimate of drug-likeness (QED) is 0.678. The Morgan fingerprint density at radius 3 is 2.11 bits per heavy atom. The summed E-state index contributed by atoms with van der Waals surface area (Å²) in [6, 6.07) is 11.5. The lowest BCUT2D eigenvalue weighted by Gasteiger charge is -2.16. The van der Waals surface area contributed by atoms with Gasteiger partial charge < -0.3 is 15.7 Å². The van der Waals surface area contributed by atoms with Crippen LogP contribution in [0.1, 0.15) is 53.0 Å². The van der Waals surface area contributed by atoms with E-state index in [9.17, 15) is 19.5 Å². The molecule has 0 aliphatic heterocycles. The fourth-order valence-electron chi connectivity index (χ4n) is 2.88. The minimum absolute atomic E-state index is 0.115. The third kappa shape index (κ3) is 4.73. The number of carbonyl (C=O) groups is 3. The van der Waals surface area contributed by atoms with Crippen LogP contribution in [0, 0.1) is 12.8 Å². The van der Waals surface area contributed by atoms with Crippen LogP contribution >= 0.6 is 0 Å². The van der Waals surface area contributed by atoms with Crippen LogP contribution in [0.25, 0.3) is 0 Å². The van der Waals surface area contributed by atoms with Crippen molar-refractivity contribution in [2.45, 2.75) is 33.6 Å². The first-order valence-electron chi connectivity index (χ1n) is 8.93. The van der Waals surface area contributed by atoms with Gasteiger partial charge in [-0.25, -0.2) is 4.79 Å². The largest absolute Gasteiger partial charge is 0.478 e. The zero-order valence-corrected chi connectivity index (χ0v) is 15.7. The molecule has 142 valence electrons. The summed E-state index contributed by atoms with van der Waals surface area (Å²) in [5, 5.41) is 14.8. The normalized spacial score (nSPS) is 10.5. The summed E-state index contributed by atoms with van der Waals surface area (Å²) in [6.45, 7) is 5.54. The fraction of sp³-hybridized carbons (Fsp3) is 0.286. The van der Waals surface area contributed by atoms with Gasteiger partial charge in [0.25, 0.3) is 5.91 Å². The Morgan fingerprint density at radius 1 is 0.889 bits per heavy atom. The molecule has 3 N–H and O–H groups in total. The van der Waals surface area contributed by atoms with Crippen molar-refractivity contribution >= 4 is 29.2 Å². The second kappa shape index (κ2) is 8.98. The SMILES string of the molecule is CCC(CC)C(=O)Nc1ccccc1C(=O)Nc1cccc(C(=O)O)c1C. The van der Waals surface area contributed by atoms with Gasteiger partial charge in [0.15, 0.2) is 0 Å². The van der Waals surface area contributed by atoms with Gasteiger partial charge in [-0.3, -0.25) is 9.59 Å². The summed E-state index contributed by atoms with van der Waals surface area (Å²) < 4.78 is 0. The molecule has 0 unspecified atom stereocenters. The number of carboxylic acids is 1. The zero-order valence-electron chi connectivity index (χ0n) is 15.7. The lowest BCUT2D eigenvalue weighted by atomic mass is 10.0. The average molecular weight is 368 g/mol. The highest BCUT2D eigenvalue weighted by molar-refractivity contribution is 6.11. The van der Waals surface area contributed by atoms with Crippen molar-refractivity contribution in [1.82, 2.24) is 0 Å². The first-order valence-corrected chi connectivity index (χ1v) is 8.93. The predicted octanol–water partition coefficient (Wildman–Crippen LogP) is 4.32. The van der Waals surface area contributed by atoms with Crippen LogP contribution in [-0.4, -0.2) is 22.9 Å². The summed E-state index contributed by atoms with van der Waals surface area (Å²) in [6.07, 6.45) is 1.44. The maximum absolute atomic E-state index is 12.7. The van der Waals surface area contributed by atoms with E-state index in [4.69, 9.17) is 0 Å². The van der Waals surface area contributed by atoms with Crippen molar-refractivity contribution in [3.05, 3.63) is 59.2 Å². The molecule has 0 saturated heterocycles. The van der Waals surface area contributed by atoms with Crippen molar-refractivity contribution in [1.29, 1.82) is 0 Å². The summed E-state index contributed by atoms with van der Waals surface area (Å²) in [5.41, 5.74) is 1.76. The van der Waals surface area contributed by atoms with Gasteiger partial charge in [-0.1, -0.05) is 32.0 Å². The summed E-state index contributed by atoms with van der Waals surface area (Å²) >= 11 is 0. The number of carbonyl (C=O) groups excluding carboxylic acids is 2. The van der Waals surface area contributed by atoms with Gasteiger partial charge in [-0.15, -0.1) is 0 Å². The number of para-hydroxylation sites is 1. The highest BCUT2D eigenvalue weighted by Gasteiger charge is 2.19. The molecule has 0 fully saturated rings. The van der Waals surface area contributed by atoms with Crippen molar-refractivity contribution in [3.8, 4) is 0 Å². The molecule has 0 spiro atoms. The van der Waals surface area contributed by atoms with Crippen LogP contribution in [-0.2, 0) is 4.79 Å². The number of amides is 2. The second-order valence-corrected chi connectivity index (χ2v) is 6.29. The van der Waals surface area contributed by atoms with Crippen molar-refractivity contribution in [3.63, 3.8) is 0 Å². The van der Waals surface area contributed by atoms with E-state index in [0.717, 1.165) is 12.8 Å². The third-order valence-corrected chi connectivity index (χ3v) is 4.60. The molecule has 0 radical (unpaired) electrons. The summed E-state index contributed by atoms with van der Waals surface area (Å²) in [7, 11) is 0. The van der Waals surface area contributed by atoms with Crippen LogP contribution < -0.4 is 10.6 Å². The smallest absolute Gasteiger partial charge is 0.336 e. The van der Waals surface area contributed by atoms with E-state index in [1.165, 1.54) is 6.07 Å². The average Bonchev–Trinajstić information content (AvgIpc) is 2.64. The number of carboxylic acid groups (broad SMARTS) is 1. The van der Waals surface area contributed by atoms with Gasteiger partial charge >= 0.3 is 5.97 Å². The molecule has 2 rings (SSSR count). The number of nitrogens with one attached hydrogen (secondary N) is 2. The first kappa shape index (κ1) is 20.2. The molecule has 6 heteroatoms. The summed E-state index contributed by atoms with van der Waals surface area (Å²) in [5.74, 6) is -1.71. The first-order chi connectivity index (χ1) is 12.9. The van der Waals surface area contributed by atoms with Gasteiger partial charge in [0.1, 0.15) is 0 Å². The third-order valence-electron chi connectivity index (χ3n) is 4.60. The number of aromatic carboxylic acids is 1. The fourth-order valence-corrected chi connectivity index (χ4v) is 2.88. The molecule has 2 aromatic carbocycles. The van der Waals surface area contributed by atoms with E-state index >= 15 is 0 Å². The minimum atomic E-state index is -1.05. The molecule has 0 bridgehead atoms. The molecule has 2 amide bonds. The van der Waals surface area contributed by atoms with Gasteiger partial charge in [0, 0.05) is 11.6 Å².